The summed E-state index contributed by atoms with van der Waals surface area (Å²) < 4.78 is 0. The van der Waals surface area contributed by atoms with Crippen LogP contribution in [0.4, 0.5) is 0 Å². The molecule has 1 aliphatic carbocycles. The summed E-state index contributed by atoms with van der Waals surface area (Å²) in [5, 5.41) is 2.96. The molecule has 1 unspecified atom stereocenters. The maximum Gasteiger partial charge on any atom is 0.235 e. The molecular formula is C16H17Cl2NO2. The van der Waals surface area contributed by atoms with Gasteiger partial charge in [-0.2, -0.15) is 0 Å². The van der Waals surface area contributed by atoms with Crippen LogP contribution in [0.25, 0.3) is 0 Å². The molecule has 1 spiro atoms. The molecule has 3 nitrogen and oxygen atoms in total. The van der Waals surface area contributed by atoms with E-state index < -0.39 is 16.3 Å². The quantitative estimate of drug-likeness (QED) is 0.666. The summed E-state index contributed by atoms with van der Waals surface area (Å²) in [6, 6.07) is 7.16. The molecule has 1 amide bonds. The molecule has 0 bridgehead atoms. The number of benzene rings is 1. The van der Waals surface area contributed by atoms with E-state index in [-0.39, 0.29) is 11.7 Å². The second-order valence-corrected chi connectivity index (χ2v) is 6.96. The Labute approximate surface area is 134 Å². The minimum Gasteiger partial charge on any atom is -0.343 e. The second-order valence-electron chi connectivity index (χ2n) is 5.86. The van der Waals surface area contributed by atoms with Gasteiger partial charge < -0.3 is 5.32 Å². The summed E-state index contributed by atoms with van der Waals surface area (Å²) in [4.78, 5) is 24.6. The molecule has 1 saturated carbocycles. The molecule has 2 fully saturated rings. The molecule has 21 heavy (non-hydrogen) atoms. The first-order valence-electron chi connectivity index (χ1n) is 7.28. The van der Waals surface area contributed by atoms with E-state index in [1.807, 2.05) is 6.07 Å². The molecule has 1 N–H and O–H groups in total. The number of amides is 1. The molecule has 1 saturated heterocycles. The summed E-state index contributed by atoms with van der Waals surface area (Å²) >= 11 is 12.0. The van der Waals surface area contributed by atoms with Gasteiger partial charge in [-0.05, 0) is 24.0 Å². The fraction of sp³-hybridized carbons (Fsp3) is 0.500. The van der Waals surface area contributed by atoms with Crippen LogP contribution in [-0.2, 0) is 9.59 Å². The monoisotopic (exact) mass is 325 g/mol. The van der Waals surface area contributed by atoms with Gasteiger partial charge >= 0.3 is 0 Å². The van der Waals surface area contributed by atoms with Crippen LogP contribution in [0.2, 0.25) is 0 Å². The van der Waals surface area contributed by atoms with Crippen LogP contribution in [0.5, 0.6) is 0 Å². The molecule has 2 aliphatic rings. The molecule has 1 aromatic rings. The van der Waals surface area contributed by atoms with Gasteiger partial charge in [-0.3, -0.25) is 9.59 Å². The highest BCUT2D eigenvalue weighted by Crippen LogP contribution is 2.41. The molecule has 1 heterocycles. The average molecular weight is 326 g/mol. The number of halogens is 2. The summed E-state index contributed by atoms with van der Waals surface area (Å²) in [5.74, 6) is -1.02. The smallest absolute Gasteiger partial charge is 0.235 e. The highest BCUT2D eigenvalue weighted by Gasteiger charge is 2.53. The standard InChI is InChI=1S/C16H17Cl2NO2/c17-14(18)11-7-3-2-6-10(11)12-13(20)16(19-15(12)21)8-4-1-5-9-16/h2-3,6-7,12,14H,1,4-5,8-9H2,(H,19,21). The Balaban J connectivity index is 2.00. The molecular weight excluding hydrogens is 309 g/mol. The van der Waals surface area contributed by atoms with Gasteiger partial charge in [0.15, 0.2) is 5.78 Å². The third-order valence-corrected chi connectivity index (χ3v) is 5.08. The van der Waals surface area contributed by atoms with E-state index in [2.05, 4.69) is 5.32 Å². The third kappa shape index (κ3) is 2.47. The zero-order valence-electron chi connectivity index (χ0n) is 11.6. The Morgan fingerprint density at radius 1 is 1.10 bits per heavy atom. The van der Waals surface area contributed by atoms with E-state index >= 15 is 0 Å². The van der Waals surface area contributed by atoms with Crippen LogP contribution < -0.4 is 5.32 Å². The highest BCUT2D eigenvalue weighted by atomic mass is 35.5. The fourth-order valence-corrected chi connectivity index (χ4v) is 3.94. The predicted octanol–water partition coefficient (Wildman–Crippen LogP) is 3.65. The van der Waals surface area contributed by atoms with Gasteiger partial charge in [0.25, 0.3) is 0 Å². The van der Waals surface area contributed by atoms with E-state index in [9.17, 15) is 9.59 Å². The lowest BCUT2D eigenvalue weighted by Crippen LogP contribution is -2.47. The van der Waals surface area contributed by atoms with Gasteiger partial charge in [-0.25, -0.2) is 0 Å². The van der Waals surface area contributed by atoms with Crippen molar-refractivity contribution in [1.82, 2.24) is 5.32 Å². The number of hydrogen-bond acceptors (Lipinski definition) is 2. The van der Waals surface area contributed by atoms with Crippen LogP contribution in [0.15, 0.2) is 24.3 Å². The molecule has 112 valence electrons. The number of hydrogen-bond donors (Lipinski definition) is 1. The van der Waals surface area contributed by atoms with Crippen LogP contribution in [0.1, 0.15) is 54.0 Å². The van der Waals surface area contributed by atoms with Gasteiger partial charge in [-0.1, -0.05) is 43.5 Å². The Morgan fingerprint density at radius 3 is 2.43 bits per heavy atom. The maximum absolute atomic E-state index is 12.9. The predicted molar refractivity (Wildman–Crippen MR) is 82.6 cm³/mol. The third-order valence-electron chi connectivity index (χ3n) is 4.61. The van der Waals surface area contributed by atoms with Crippen molar-refractivity contribution in [3.05, 3.63) is 35.4 Å². The average Bonchev–Trinajstić information content (AvgIpc) is 2.70. The topological polar surface area (TPSA) is 46.2 Å². The second kappa shape index (κ2) is 5.62. The van der Waals surface area contributed by atoms with Crippen LogP contribution in [-0.4, -0.2) is 17.2 Å². The SMILES string of the molecule is O=C1NC2(CCCCC2)C(=O)C1c1ccccc1C(Cl)Cl. The number of Topliss-reactive ketones (excluding diaryl/α,β-unsaturated/α-hetero) is 1. The van der Waals surface area contributed by atoms with Gasteiger partial charge in [-0.15, -0.1) is 23.2 Å². The molecule has 1 atom stereocenters. The van der Waals surface area contributed by atoms with Crippen molar-refractivity contribution in [2.24, 2.45) is 0 Å². The number of ketones is 1. The van der Waals surface area contributed by atoms with Crippen molar-refractivity contribution in [3.63, 3.8) is 0 Å². The molecule has 1 aliphatic heterocycles. The van der Waals surface area contributed by atoms with Gasteiger partial charge in [0.05, 0.1) is 5.54 Å². The first-order chi connectivity index (χ1) is 10.1. The number of carbonyl (C=O) groups excluding carboxylic acids is 2. The Kier molecular flexibility index (Phi) is 3.98. The van der Waals surface area contributed by atoms with E-state index in [4.69, 9.17) is 23.2 Å². The Morgan fingerprint density at radius 2 is 1.76 bits per heavy atom. The number of carbonyl (C=O) groups is 2. The lowest BCUT2D eigenvalue weighted by atomic mass is 9.76. The largest absolute Gasteiger partial charge is 0.343 e. The minimum atomic E-state index is -0.778. The highest BCUT2D eigenvalue weighted by molar-refractivity contribution is 6.44. The number of alkyl halides is 2. The number of nitrogens with one attached hydrogen (secondary N) is 1. The zero-order valence-corrected chi connectivity index (χ0v) is 13.1. The van der Waals surface area contributed by atoms with Crippen molar-refractivity contribution in [2.75, 3.05) is 0 Å². The molecule has 5 heteroatoms. The minimum absolute atomic E-state index is 0.0198. The summed E-state index contributed by atoms with van der Waals surface area (Å²) in [6.07, 6.45) is 4.56. The maximum atomic E-state index is 12.9. The van der Waals surface area contributed by atoms with E-state index in [0.717, 1.165) is 32.1 Å². The Hall–Kier alpha value is -1.06. The van der Waals surface area contributed by atoms with Crippen LogP contribution >= 0.6 is 23.2 Å². The molecule has 3 rings (SSSR count). The molecule has 0 radical (unpaired) electrons. The Bertz CT molecular complexity index is 579. The van der Waals surface area contributed by atoms with E-state index in [1.54, 1.807) is 18.2 Å². The first-order valence-corrected chi connectivity index (χ1v) is 8.16. The van der Waals surface area contributed by atoms with Crippen LogP contribution in [0.3, 0.4) is 0 Å². The first kappa shape index (κ1) is 14.9. The van der Waals surface area contributed by atoms with Crippen molar-refractivity contribution in [3.8, 4) is 0 Å². The van der Waals surface area contributed by atoms with Crippen molar-refractivity contribution in [1.29, 1.82) is 0 Å². The molecule has 1 aromatic carbocycles. The normalized spacial score (nSPS) is 24.6. The summed E-state index contributed by atoms with van der Waals surface area (Å²) in [6.45, 7) is 0. The number of rotatable bonds is 2. The van der Waals surface area contributed by atoms with Crippen LogP contribution in [0, 0.1) is 0 Å². The van der Waals surface area contributed by atoms with E-state index in [1.165, 1.54) is 0 Å². The van der Waals surface area contributed by atoms with Crippen molar-refractivity contribution >= 4 is 34.9 Å². The summed E-state index contributed by atoms with van der Waals surface area (Å²) in [5.41, 5.74) is 0.612. The van der Waals surface area contributed by atoms with Gasteiger partial charge in [0.2, 0.25) is 5.91 Å². The van der Waals surface area contributed by atoms with Gasteiger partial charge in [0, 0.05) is 0 Å². The summed E-state index contributed by atoms with van der Waals surface area (Å²) in [7, 11) is 0. The van der Waals surface area contributed by atoms with Gasteiger partial charge in [0.1, 0.15) is 10.8 Å². The fourth-order valence-electron chi connectivity index (χ4n) is 3.55. The van der Waals surface area contributed by atoms with Crippen molar-refractivity contribution < 1.29 is 9.59 Å². The zero-order chi connectivity index (χ0) is 15.0. The lowest BCUT2D eigenvalue weighted by Gasteiger charge is -2.31. The lowest BCUT2D eigenvalue weighted by molar-refractivity contribution is -0.125. The van der Waals surface area contributed by atoms with Crippen molar-refractivity contribution in [2.45, 2.75) is 48.4 Å². The van der Waals surface area contributed by atoms with E-state index in [0.29, 0.717) is 11.1 Å². The molecule has 0 aromatic heterocycles.